The molecule has 1 aromatic heterocycles. The molecular formula is C16H25N3OS. The second-order valence-electron chi connectivity index (χ2n) is 7.13. The van der Waals surface area contributed by atoms with Crippen LogP contribution in [0.3, 0.4) is 0 Å². The van der Waals surface area contributed by atoms with Gasteiger partial charge in [-0.2, -0.15) is 0 Å². The van der Waals surface area contributed by atoms with Crippen molar-refractivity contribution in [1.82, 2.24) is 8.96 Å². The van der Waals surface area contributed by atoms with Gasteiger partial charge in [-0.25, -0.2) is 9.98 Å². The van der Waals surface area contributed by atoms with E-state index in [1.807, 2.05) is 12.5 Å². The molecule has 2 atom stereocenters. The normalized spacial score (nSPS) is 31.3. The van der Waals surface area contributed by atoms with Gasteiger partial charge in [0.15, 0.2) is 5.82 Å². The molecule has 1 N–H and O–H groups in total. The van der Waals surface area contributed by atoms with Gasteiger partial charge in [-0.3, -0.25) is 3.97 Å². The third-order valence-electron chi connectivity index (χ3n) is 5.34. The Balaban J connectivity index is 1.65. The summed E-state index contributed by atoms with van der Waals surface area (Å²) in [5, 5.41) is 12.5. The van der Waals surface area contributed by atoms with E-state index >= 15 is 0 Å². The number of aliphatic hydroxyl groups excluding tert-OH is 1. The van der Waals surface area contributed by atoms with E-state index in [0.29, 0.717) is 5.92 Å². The zero-order valence-electron chi connectivity index (χ0n) is 12.7. The first-order valence-electron chi connectivity index (χ1n) is 8.28. The summed E-state index contributed by atoms with van der Waals surface area (Å²) < 4.78 is 2.17. The summed E-state index contributed by atoms with van der Waals surface area (Å²) in [7, 11) is 0. The summed E-state index contributed by atoms with van der Waals surface area (Å²) in [5.74, 6) is 1.58. The number of nitrogens with zero attached hydrogens (tertiary/aromatic N) is 3. The Morgan fingerprint density at radius 1 is 1.29 bits per heavy atom. The molecular weight excluding hydrogens is 282 g/mol. The topological polar surface area (TPSA) is 50.4 Å². The Hall–Kier alpha value is -0.810. The van der Waals surface area contributed by atoms with Crippen LogP contribution in [0.2, 0.25) is 0 Å². The molecule has 5 heteroatoms. The molecule has 116 valence electrons. The Bertz CT molecular complexity index is 556. The molecule has 0 amide bonds. The van der Waals surface area contributed by atoms with E-state index in [4.69, 9.17) is 4.99 Å². The smallest absolute Gasteiger partial charge is 0.162 e. The molecule has 1 aliphatic heterocycles. The van der Waals surface area contributed by atoms with Crippen molar-refractivity contribution in [2.75, 3.05) is 0 Å². The van der Waals surface area contributed by atoms with Gasteiger partial charge in [-0.1, -0.05) is 32.6 Å². The van der Waals surface area contributed by atoms with Crippen molar-refractivity contribution in [1.29, 1.82) is 0 Å². The summed E-state index contributed by atoms with van der Waals surface area (Å²) in [6.45, 7) is 2.30. The molecule has 0 radical (unpaired) electrons. The van der Waals surface area contributed by atoms with Crippen LogP contribution in [-0.4, -0.2) is 24.5 Å². The van der Waals surface area contributed by atoms with Crippen molar-refractivity contribution in [2.45, 2.75) is 63.7 Å². The zero-order valence-corrected chi connectivity index (χ0v) is 13.6. The maximum absolute atomic E-state index is 11.3. The van der Waals surface area contributed by atoms with Crippen molar-refractivity contribution in [3.8, 4) is 0 Å². The van der Waals surface area contributed by atoms with Gasteiger partial charge in [0, 0.05) is 11.3 Å². The van der Waals surface area contributed by atoms with Crippen LogP contribution >= 0.6 is 11.1 Å². The van der Waals surface area contributed by atoms with E-state index in [1.54, 1.807) is 0 Å². The summed E-state index contributed by atoms with van der Waals surface area (Å²) in [4.78, 5) is 9.05. The molecule has 21 heavy (non-hydrogen) atoms. The molecule has 4 nitrogen and oxygen atoms in total. The van der Waals surface area contributed by atoms with Crippen LogP contribution in [0.5, 0.6) is 0 Å². The number of hydrogen-bond donors (Lipinski definition) is 2. The number of aromatic nitrogens is 2. The van der Waals surface area contributed by atoms with E-state index in [2.05, 4.69) is 15.9 Å². The maximum atomic E-state index is 11.3. The molecule has 3 aliphatic rings. The molecule has 2 heterocycles. The first-order valence-corrected chi connectivity index (χ1v) is 9.64. The average Bonchev–Trinajstić information content (AvgIpc) is 3.17. The fraction of sp³-hybridized carbons (Fsp3) is 0.750. The van der Waals surface area contributed by atoms with Crippen molar-refractivity contribution in [2.24, 2.45) is 16.3 Å². The quantitative estimate of drug-likeness (QED) is 0.659. The predicted octanol–water partition coefficient (Wildman–Crippen LogP) is 3.78. The molecule has 2 fully saturated rings. The molecule has 0 aromatic carbocycles. The Morgan fingerprint density at radius 3 is 2.67 bits per heavy atom. The molecule has 0 bridgehead atoms. The Labute approximate surface area is 129 Å². The van der Waals surface area contributed by atoms with Crippen LogP contribution < -0.4 is 0 Å². The van der Waals surface area contributed by atoms with Crippen molar-refractivity contribution in [3.05, 3.63) is 12.5 Å². The van der Waals surface area contributed by atoms with Gasteiger partial charge >= 0.3 is 0 Å². The average molecular weight is 307 g/mol. The minimum Gasteiger partial charge on any atom is -0.382 e. The first-order chi connectivity index (χ1) is 10.2. The minimum atomic E-state index is -0.749. The van der Waals surface area contributed by atoms with E-state index in [9.17, 15) is 5.11 Å². The number of aliphatic imine (C=N–C) groups is 1. The van der Waals surface area contributed by atoms with Gasteiger partial charge in [0.25, 0.3) is 0 Å². The van der Waals surface area contributed by atoms with Crippen molar-refractivity contribution in [3.63, 3.8) is 0 Å². The highest BCUT2D eigenvalue weighted by molar-refractivity contribution is 8.29. The van der Waals surface area contributed by atoms with Gasteiger partial charge in [-0.05, 0) is 25.7 Å². The van der Waals surface area contributed by atoms with Gasteiger partial charge in [0.1, 0.15) is 11.8 Å². The second kappa shape index (κ2) is 5.13. The SMILES string of the molecule is CC1(C(O)[SH]2C(C3CC3)=Nc3cncn32)CCCCCC1. The van der Waals surface area contributed by atoms with E-state index in [1.165, 1.54) is 43.6 Å². The monoisotopic (exact) mass is 307 g/mol. The van der Waals surface area contributed by atoms with Crippen LogP contribution in [0.25, 0.3) is 0 Å². The van der Waals surface area contributed by atoms with Gasteiger partial charge in [0.2, 0.25) is 0 Å². The molecule has 2 aliphatic carbocycles. The lowest BCUT2D eigenvalue weighted by molar-refractivity contribution is 0.0939. The lowest BCUT2D eigenvalue weighted by Crippen LogP contribution is -2.35. The van der Waals surface area contributed by atoms with Crippen LogP contribution in [0, 0.1) is 11.3 Å². The fourth-order valence-electron chi connectivity index (χ4n) is 3.76. The fourth-order valence-corrected chi connectivity index (χ4v) is 6.64. The highest BCUT2D eigenvalue weighted by Gasteiger charge is 2.45. The van der Waals surface area contributed by atoms with Crippen LogP contribution in [0.15, 0.2) is 17.5 Å². The van der Waals surface area contributed by atoms with Gasteiger partial charge in [-0.15, -0.1) is 11.1 Å². The van der Waals surface area contributed by atoms with Gasteiger partial charge in [0.05, 0.1) is 11.2 Å². The molecule has 4 rings (SSSR count). The standard InChI is InChI=1S/C16H25N3OS/c1-16(8-4-2-3-5-9-16)15(20)21-14(12-6-7-12)18-13-10-17-11-19(13)21/h10-12,15,20-21H,2-9H2,1H3. The molecule has 0 saturated heterocycles. The number of hydrogen-bond acceptors (Lipinski definition) is 3. The molecule has 0 spiro atoms. The third kappa shape index (κ3) is 2.34. The van der Waals surface area contributed by atoms with E-state index in [0.717, 1.165) is 18.7 Å². The summed E-state index contributed by atoms with van der Waals surface area (Å²) in [5.41, 5.74) is -0.232. The zero-order chi connectivity index (χ0) is 14.4. The van der Waals surface area contributed by atoms with Crippen molar-refractivity contribution >= 4 is 21.9 Å². The minimum absolute atomic E-state index is 0.0454. The summed E-state index contributed by atoms with van der Waals surface area (Å²) >= 11 is -0.749. The molecule has 2 saturated carbocycles. The Morgan fingerprint density at radius 2 is 2.00 bits per heavy atom. The predicted molar refractivity (Wildman–Crippen MR) is 88.2 cm³/mol. The number of fused-ring (bicyclic) bond motifs is 1. The molecule has 2 unspecified atom stereocenters. The third-order valence-corrected chi connectivity index (χ3v) is 8.13. The van der Waals surface area contributed by atoms with Crippen LogP contribution in [-0.2, 0) is 0 Å². The number of imidazole rings is 1. The Kier molecular flexibility index (Phi) is 3.38. The number of aliphatic hydroxyl groups is 1. The number of thiol groups is 1. The van der Waals surface area contributed by atoms with Crippen LogP contribution in [0.4, 0.5) is 5.82 Å². The van der Waals surface area contributed by atoms with Gasteiger partial charge < -0.3 is 5.11 Å². The summed E-state index contributed by atoms with van der Waals surface area (Å²) in [6, 6.07) is 0. The van der Waals surface area contributed by atoms with Crippen LogP contribution in [0.1, 0.15) is 58.3 Å². The molecule has 1 aromatic rings. The van der Waals surface area contributed by atoms with E-state index in [-0.39, 0.29) is 10.9 Å². The van der Waals surface area contributed by atoms with Crippen molar-refractivity contribution < 1.29 is 5.11 Å². The number of rotatable bonds is 3. The lowest BCUT2D eigenvalue weighted by atomic mass is 9.83. The second-order valence-corrected chi connectivity index (χ2v) is 9.19. The van der Waals surface area contributed by atoms with E-state index < -0.39 is 11.1 Å². The lowest BCUT2D eigenvalue weighted by Gasteiger charge is -2.40. The largest absolute Gasteiger partial charge is 0.382 e. The highest BCUT2D eigenvalue weighted by Crippen LogP contribution is 2.57. The highest BCUT2D eigenvalue weighted by atomic mass is 32.2. The first kappa shape index (κ1) is 13.8. The summed E-state index contributed by atoms with van der Waals surface area (Å²) in [6.07, 6.45) is 13.7. The maximum Gasteiger partial charge on any atom is 0.162 e.